The molecule has 0 bridgehead atoms. The summed E-state index contributed by atoms with van der Waals surface area (Å²) in [5.41, 5.74) is 1.14. The molecule has 1 saturated heterocycles. The van der Waals surface area contributed by atoms with Crippen LogP contribution in [-0.4, -0.2) is 44.9 Å². The lowest BCUT2D eigenvalue weighted by atomic mass is 10.1. The fraction of sp³-hybridized carbons (Fsp3) is 0.375. The highest BCUT2D eigenvalue weighted by Crippen LogP contribution is 2.19. The molecule has 1 N–H and O–H groups in total. The second-order valence-corrected chi connectivity index (χ2v) is 5.59. The number of nitrogens with one attached hydrogen (secondary N) is 1. The lowest BCUT2D eigenvalue weighted by molar-refractivity contribution is -0.135. The van der Waals surface area contributed by atoms with E-state index < -0.39 is 5.82 Å². The summed E-state index contributed by atoms with van der Waals surface area (Å²) in [5.74, 6) is 0.778. The van der Waals surface area contributed by atoms with Crippen LogP contribution in [0, 0.1) is 12.7 Å². The molecule has 2 aromatic rings. The van der Waals surface area contributed by atoms with Crippen molar-refractivity contribution in [3.8, 4) is 11.4 Å². The number of amides is 1. The minimum atomic E-state index is -0.397. The average Bonchev–Trinajstić information content (AvgIpc) is 2.45. The van der Waals surface area contributed by atoms with Gasteiger partial charge in [0.15, 0.2) is 0 Å². The van der Waals surface area contributed by atoms with Gasteiger partial charge in [-0.05, 0) is 32.4 Å². The Balaban J connectivity index is 1.79. The summed E-state index contributed by atoms with van der Waals surface area (Å²) in [7, 11) is 0. The average molecular weight is 315 g/mol. The van der Waals surface area contributed by atoms with Crippen LogP contribution in [0.2, 0.25) is 0 Å². The van der Waals surface area contributed by atoms with Gasteiger partial charge in [0.25, 0.3) is 0 Å². The Kier molecular flexibility index (Phi) is 4.18. The first-order chi connectivity index (χ1) is 11.0. The normalized spacial score (nSPS) is 15.0. The van der Waals surface area contributed by atoms with Gasteiger partial charge >= 0.3 is 0 Å². The van der Waals surface area contributed by atoms with Crippen molar-refractivity contribution in [2.24, 2.45) is 0 Å². The minimum absolute atomic E-state index is 0.0639. The summed E-state index contributed by atoms with van der Waals surface area (Å²) in [6.45, 7) is 5.21. The van der Waals surface area contributed by atoms with E-state index in [1.165, 1.54) is 6.07 Å². The standard InChI is InChI=1S/C16H18FN5O/c1-10(16(23)22-6-3-7-22)19-15-8-14(20-11(2)21-15)13-5-4-12(17)9-18-13/h4-5,8-10H,3,6-7H2,1-2H3,(H,19,20,21)/t10-/m1/s1. The van der Waals surface area contributed by atoms with Gasteiger partial charge in [-0.25, -0.2) is 14.4 Å². The van der Waals surface area contributed by atoms with Crippen molar-refractivity contribution in [2.45, 2.75) is 26.3 Å². The summed E-state index contributed by atoms with van der Waals surface area (Å²) in [6, 6.07) is 4.25. The molecule has 3 rings (SSSR count). The third-order valence-electron chi connectivity index (χ3n) is 3.73. The number of carbonyl (C=O) groups excluding carboxylic acids is 1. The van der Waals surface area contributed by atoms with Crippen LogP contribution in [0.3, 0.4) is 0 Å². The zero-order valence-corrected chi connectivity index (χ0v) is 13.1. The van der Waals surface area contributed by atoms with E-state index in [4.69, 9.17) is 0 Å². The smallest absolute Gasteiger partial charge is 0.244 e. The molecule has 0 aromatic carbocycles. The van der Waals surface area contributed by atoms with Crippen molar-refractivity contribution in [3.05, 3.63) is 36.0 Å². The maximum absolute atomic E-state index is 13.0. The summed E-state index contributed by atoms with van der Waals surface area (Å²) < 4.78 is 13.0. The summed E-state index contributed by atoms with van der Waals surface area (Å²) >= 11 is 0. The molecule has 6 nitrogen and oxygen atoms in total. The van der Waals surface area contributed by atoms with E-state index in [2.05, 4.69) is 20.3 Å². The molecule has 120 valence electrons. The highest BCUT2D eigenvalue weighted by atomic mass is 19.1. The molecule has 1 atom stereocenters. The number of rotatable bonds is 4. The number of hydrogen-bond donors (Lipinski definition) is 1. The molecule has 7 heteroatoms. The second-order valence-electron chi connectivity index (χ2n) is 5.59. The molecular formula is C16H18FN5O. The SMILES string of the molecule is Cc1nc(N[C@H](C)C(=O)N2CCC2)cc(-c2ccc(F)cn2)n1. The van der Waals surface area contributed by atoms with E-state index in [0.29, 0.717) is 23.0 Å². The van der Waals surface area contributed by atoms with Gasteiger partial charge in [-0.15, -0.1) is 0 Å². The second kappa shape index (κ2) is 6.28. The van der Waals surface area contributed by atoms with Crippen molar-refractivity contribution in [2.75, 3.05) is 18.4 Å². The molecule has 1 fully saturated rings. The minimum Gasteiger partial charge on any atom is -0.358 e. The number of pyridine rings is 1. The van der Waals surface area contributed by atoms with Crippen LogP contribution >= 0.6 is 0 Å². The Labute approximate surface area is 133 Å². The molecule has 0 saturated carbocycles. The summed E-state index contributed by atoms with van der Waals surface area (Å²) in [4.78, 5) is 26.6. The monoisotopic (exact) mass is 315 g/mol. The van der Waals surface area contributed by atoms with Gasteiger partial charge in [0, 0.05) is 19.2 Å². The number of aromatic nitrogens is 3. The number of hydrogen-bond acceptors (Lipinski definition) is 5. The number of halogens is 1. The van der Waals surface area contributed by atoms with Gasteiger partial charge in [-0.1, -0.05) is 0 Å². The molecule has 0 radical (unpaired) electrons. The quantitative estimate of drug-likeness (QED) is 0.934. The molecule has 0 spiro atoms. The van der Waals surface area contributed by atoms with Crippen LogP contribution in [0.4, 0.5) is 10.2 Å². The first-order valence-electron chi connectivity index (χ1n) is 7.56. The molecule has 23 heavy (non-hydrogen) atoms. The van der Waals surface area contributed by atoms with E-state index in [1.54, 1.807) is 19.1 Å². The Morgan fingerprint density at radius 3 is 2.70 bits per heavy atom. The van der Waals surface area contributed by atoms with E-state index in [0.717, 1.165) is 25.7 Å². The number of aryl methyl sites for hydroxylation is 1. The molecule has 0 aliphatic carbocycles. The van der Waals surface area contributed by atoms with E-state index in [9.17, 15) is 9.18 Å². The molecule has 1 amide bonds. The van der Waals surface area contributed by atoms with E-state index >= 15 is 0 Å². The van der Waals surface area contributed by atoms with Crippen molar-refractivity contribution >= 4 is 11.7 Å². The molecule has 0 unspecified atom stereocenters. The molecule has 1 aliphatic rings. The summed E-state index contributed by atoms with van der Waals surface area (Å²) in [6.07, 6.45) is 2.21. The van der Waals surface area contributed by atoms with Gasteiger partial charge in [0.05, 0.1) is 17.6 Å². The first kappa shape index (κ1) is 15.3. The van der Waals surface area contributed by atoms with E-state index in [1.807, 2.05) is 11.8 Å². The van der Waals surface area contributed by atoms with Crippen molar-refractivity contribution in [3.63, 3.8) is 0 Å². The first-order valence-corrected chi connectivity index (χ1v) is 7.56. The largest absolute Gasteiger partial charge is 0.358 e. The molecule has 1 aliphatic heterocycles. The molecule has 2 aromatic heterocycles. The van der Waals surface area contributed by atoms with Crippen LogP contribution in [0.5, 0.6) is 0 Å². The van der Waals surface area contributed by atoms with E-state index in [-0.39, 0.29) is 11.9 Å². The van der Waals surface area contributed by atoms with Crippen molar-refractivity contribution in [1.82, 2.24) is 19.9 Å². The van der Waals surface area contributed by atoms with Gasteiger partial charge in [-0.2, -0.15) is 0 Å². The zero-order valence-electron chi connectivity index (χ0n) is 13.1. The fourth-order valence-corrected chi connectivity index (χ4v) is 2.39. The number of anilines is 1. The maximum Gasteiger partial charge on any atom is 0.244 e. The maximum atomic E-state index is 13.0. The van der Waals surface area contributed by atoms with Crippen LogP contribution in [-0.2, 0) is 4.79 Å². The Morgan fingerprint density at radius 2 is 2.09 bits per heavy atom. The lowest BCUT2D eigenvalue weighted by Gasteiger charge is -2.33. The van der Waals surface area contributed by atoms with Crippen LogP contribution < -0.4 is 5.32 Å². The topological polar surface area (TPSA) is 71.0 Å². The molecule has 3 heterocycles. The van der Waals surface area contributed by atoms with Gasteiger partial charge < -0.3 is 10.2 Å². The van der Waals surface area contributed by atoms with Crippen molar-refractivity contribution < 1.29 is 9.18 Å². The highest BCUT2D eigenvalue weighted by Gasteiger charge is 2.25. The van der Waals surface area contributed by atoms with Crippen LogP contribution in [0.1, 0.15) is 19.2 Å². The zero-order chi connectivity index (χ0) is 16.4. The van der Waals surface area contributed by atoms with Crippen LogP contribution in [0.25, 0.3) is 11.4 Å². The Bertz CT molecular complexity index is 715. The van der Waals surface area contributed by atoms with Crippen LogP contribution in [0.15, 0.2) is 24.4 Å². The summed E-state index contributed by atoms with van der Waals surface area (Å²) in [5, 5.41) is 3.11. The highest BCUT2D eigenvalue weighted by molar-refractivity contribution is 5.84. The predicted octanol–water partition coefficient (Wildman–Crippen LogP) is 2.02. The Morgan fingerprint density at radius 1 is 1.30 bits per heavy atom. The third kappa shape index (κ3) is 3.44. The lowest BCUT2D eigenvalue weighted by Crippen LogP contribution is -2.48. The third-order valence-corrected chi connectivity index (χ3v) is 3.73. The predicted molar refractivity (Wildman–Crippen MR) is 84.2 cm³/mol. The van der Waals surface area contributed by atoms with Gasteiger partial charge in [-0.3, -0.25) is 9.78 Å². The van der Waals surface area contributed by atoms with Crippen molar-refractivity contribution in [1.29, 1.82) is 0 Å². The number of likely N-dealkylation sites (tertiary alicyclic amines) is 1. The fourth-order valence-electron chi connectivity index (χ4n) is 2.39. The molecular weight excluding hydrogens is 297 g/mol. The van der Waals surface area contributed by atoms with Gasteiger partial charge in [0.2, 0.25) is 5.91 Å². The number of carbonyl (C=O) groups is 1. The van der Waals surface area contributed by atoms with Gasteiger partial charge in [0.1, 0.15) is 23.5 Å². The Hall–Kier alpha value is -2.57. The number of nitrogens with zero attached hydrogens (tertiary/aromatic N) is 4.